The van der Waals surface area contributed by atoms with Crippen LogP contribution in [-0.4, -0.2) is 59.7 Å². The van der Waals surface area contributed by atoms with Gasteiger partial charge in [0.1, 0.15) is 28.6 Å². The molecule has 4 aliphatic carbocycles. The molecule has 2 aromatic carbocycles. The number of fused-ring (bicyclic) bond motifs is 4. The molecule has 222 valence electrons. The van der Waals surface area contributed by atoms with E-state index < -0.39 is 58.3 Å². The molecular weight excluding hydrogens is 542 g/mol. The number of methoxy groups -OCH3 is 3. The molecule has 4 aliphatic rings. The van der Waals surface area contributed by atoms with Gasteiger partial charge in [-0.15, -0.1) is 0 Å². The summed E-state index contributed by atoms with van der Waals surface area (Å²) in [5.41, 5.74) is 3.96. The summed E-state index contributed by atoms with van der Waals surface area (Å²) in [6.07, 6.45) is 2.96. The summed E-state index contributed by atoms with van der Waals surface area (Å²) in [4.78, 5) is 40.2. The molecule has 2 aromatic rings. The first kappa shape index (κ1) is 28.2. The Hall–Kier alpha value is -3.89. The first-order valence-electron chi connectivity index (χ1n) is 13.9. The van der Waals surface area contributed by atoms with Crippen molar-refractivity contribution >= 4 is 28.2 Å². The number of rotatable bonds is 4. The third-order valence-electron chi connectivity index (χ3n) is 10.5. The van der Waals surface area contributed by atoms with Gasteiger partial charge in [0.05, 0.1) is 31.3 Å². The topological polar surface area (TPSA) is 166 Å². The lowest BCUT2D eigenvalue weighted by molar-refractivity contribution is -0.145. The van der Waals surface area contributed by atoms with Crippen molar-refractivity contribution in [3.8, 4) is 17.2 Å². The summed E-state index contributed by atoms with van der Waals surface area (Å²) >= 11 is 0. The number of benzene rings is 2. The number of carbonyl (C=O) groups is 3. The SMILES string of the molecule is COc1cc(O)c2c(OC)c3c(c4c2c1[C@@]1(C4)C(C)=CCCC1(C)C)[C@H](OC)[C@@H]1CC(O)=C(C(N)=O)C(=O)[C@]1(O)C3=O. The average Bonchev–Trinajstić information content (AvgIpc) is 3.29. The summed E-state index contributed by atoms with van der Waals surface area (Å²) < 4.78 is 17.7. The second kappa shape index (κ2) is 8.81. The number of phenols is 1. The van der Waals surface area contributed by atoms with E-state index in [2.05, 4.69) is 26.8 Å². The van der Waals surface area contributed by atoms with E-state index in [-0.39, 0.29) is 27.9 Å². The van der Waals surface area contributed by atoms with Gasteiger partial charge in [-0.05, 0) is 42.7 Å². The lowest BCUT2D eigenvalue weighted by Gasteiger charge is -2.49. The first-order valence-corrected chi connectivity index (χ1v) is 13.9. The Morgan fingerprint density at radius 1 is 1.07 bits per heavy atom. The number of allylic oxidation sites excluding steroid dienone is 3. The fourth-order valence-corrected chi connectivity index (χ4v) is 8.53. The lowest BCUT2D eigenvalue weighted by Crippen LogP contribution is -2.61. The summed E-state index contributed by atoms with van der Waals surface area (Å²) in [7, 11) is 4.29. The second-order valence-electron chi connectivity index (χ2n) is 12.5. The van der Waals surface area contributed by atoms with Gasteiger partial charge in [-0.25, -0.2) is 0 Å². The van der Waals surface area contributed by atoms with E-state index in [9.17, 15) is 29.7 Å². The zero-order chi connectivity index (χ0) is 30.7. The molecule has 5 N–H and O–H groups in total. The number of Topliss-reactive ketones (excluding diaryl/α,β-unsaturated/α-hetero) is 2. The molecule has 10 heteroatoms. The molecule has 0 saturated carbocycles. The van der Waals surface area contributed by atoms with Gasteiger partial charge >= 0.3 is 0 Å². The summed E-state index contributed by atoms with van der Waals surface area (Å²) in [5.74, 6) is -5.13. The minimum absolute atomic E-state index is 0.0245. The maximum absolute atomic E-state index is 14.4. The van der Waals surface area contributed by atoms with Crippen LogP contribution in [0.15, 0.2) is 29.0 Å². The van der Waals surface area contributed by atoms with Crippen molar-refractivity contribution in [3.05, 3.63) is 51.3 Å². The van der Waals surface area contributed by atoms with Crippen molar-refractivity contribution in [2.75, 3.05) is 21.3 Å². The zero-order valence-corrected chi connectivity index (χ0v) is 24.5. The van der Waals surface area contributed by atoms with Crippen molar-refractivity contribution in [3.63, 3.8) is 0 Å². The van der Waals surface area contributed by atoms with Crippen LogP contribution in [0.3, 0.4) is 0 Å². The van der Waals surface area contributed by atoms with E-state index in [1.165, 1.54) is 20.3 Å². The Bertz CT molecular complexity index is 1700. The van der Waals surface area contributed by atoms with Gasteiger partial charge in [-0.2, -0.15) is 0 Å². The standard InChI is InChI=1S/C32H35NO9/c1-13-8-7-9-30(2,3)31(13)12-14-19-21(17(35)11-18(40-4)24(19)31)26(42-6)23-20(14)25(41-5)15-10-16(34)22(29(33)38)27(36)32(15,39)28(23)37/h8,11,15,25,34-35,39H,7,9-10,12H2,1-6H3,(H2,33,38)/t15-,25+,31+,32-/m0/s1. The highest BCUT2D eigenvalue weighted by atomic mass is 16.5. The third kappa shape index (κ3) is 3.03. The fourth-order valence-electron chi connectivity index (χ4n) is 8.53. The number of amides is 1. The van der Waals surface area contributed by atoms with Crippen LogP contribution in [0.5, 0.6) is 17.2 Å². The van der Waals surface area contributed by atoms with Gasteiger partial charge in [0.15, 0.2) is 5.60 Å². The Labute approximate surface area is 242 Å². The van der Waals surface area contributed by atoms with Crippen molar-refractivity contribution in [1.82, 2.24) is 0 Å². The highest BCUT2D eigenvalue weighted by Gasteiger charge is 2.65. The molecule has 0 saturated heterocycles. The van der Waals surface area contributed by atoms with E-state index in [1.807, 2.05) is 0 Å². The van der Waals surface area contributed by atoms with E-state index in [0.29, 0.717) is 28.7 Å². The molecule has 42 heavy (non-hydrogen) atoms. The second-order valence-corrected chi connectivity index (χ2v) is 12.5. The quantitative estimate of drug-likeness (QED) is 0.241. The van der Waals surface area contributed by atoms with Gasteiger partial charge in [-0.3, -0.25) is 14.4 Å². The molecule has 1 spiro atoms. The smallest absolute Gasteiger partial charge is 0.255 e. The van der Waals surface area contributed by atoms with Crippen LogP contribution in [0.2, 0.25) is 0 Å². The average molecular weight is 578 g/mol. The molecule has 10 nitrogen and oxygen atoms in total. The van der Waals surface area contributed by atoms with Crippen LogP contribution in [0, 0.1) is 11.3 Å². The van der Waals surface area contributed by atoms with Crippen molar-refractivity contribution in [2.45, 2.75) is 63.6 Å². The molecule has 0 heterocycles. The van der Waals surface area contributed by atoms with Crippen LogP contribution in [0.25, 0.3) is 10.8 Å². The minimum atomic E-state index is -2.76. The van der Waals surface area contributed by atoms with Gasteiger partial charge in [0.2, 0.25) is 11.6 Å². The number of phenolic OH excluding ortho intramolecular Hbond substituents is 1. The number of aliphatic hydroxyl groups is 2. The number of aliphatic hydroxyl groups excluding tert-OH is 1. The van der Waals surface area contributed by atoms with Gasteiger partial charge in [0.25, 0.3) is 5.91 Å². The minimum Gasteiger partial charge on any atom is -0.511 e. The normalized spacial score (nSPS) is 29.5. The maximum atomic E-state index is 14.4. The summed E-state index contributed by atoms with van der Waals surface area (Å²) in [6, 6.07) is 1.51. The third-order valence-corrected chi connectivity index (χ3v) is 10.5. The molecule has 0 fully saturated rings. The number of nitrogens with two attached hydrogens (primary N) is 1. The Kier molecular flexibility index (Phi) is 5.92. The van der Waals surface area contributed by atoms with Crippen molar-refractivity contribution in [2.24, 2.45) is 17.1 Å². The molecule has 0 bridgehead atoms. The molecule has 0 unspecified atom stereocenters. The van der Waals surface area contributed by atoms with Crippen molar-refractivity contribution in [1.29, 1.82) is 0 Å². The molecule has 4 atom stereocenters. The zero-order valence-electron chi connectivity index (χ0n) is 24.5. The van der Waals surface area contributed by atoms with E-state index in [1.54, 1.807) is 7.11 Å². The van der Waals surface area contributed by atoms with Gasteiger partial charge in [0, 0.05) is 41.9 Å². The predicted octanol–water partition coefficient (Wildman–Crippen LogP) is 3.62. The molecule has 0 aromatic heterocycles. The van der Waals surface area contributed by atoms with E-state index >= 15 is 0 Å². The molecule has 6 rings (SSSR count). The van der Waals surface area contributed by atoms with Gasteiger partial charge < -0.3 is 35.3 Å². The van der Waals surface area contributed by atoms with E-state index in [4.69, 9.17) is 19.9 Å². The fraction of sp³-hybridized carbons (Fsp3) is 0.469. The number of hydrogen-bond donors (Lipinski definition) is 4. The molecule has 1 amide bonds. The first-order chi connectivity index (χ1) is 19.7. The van der Waals surface area contributed by atoms with E-state index in [0.717, 1.165) is 24.0 Å². The highest BCUT2D eigenvalue weighted by molar-refractivity contribution is 6.33. The van der Waals surface area contributed by atoms with Crippen LogP contribution in [-0.2, 0) is 26.2 Å². The summed E-state index contributed by atoms with van der Waals surface area (Å²) in [6.45, 7) is 6.48. The van der Waals surface area contributed by atoms with Crippen LogP contribution < -0.4 is 15.2 Å². The van der Waals surface area contributed by atoms with Crippen LogP contribution in [0.4, 0.5) is 0 Å². The predicted molar refractivity (Wildman–Crippen MR) is 152 cm³/mol. The maximum Gasteiger partial charge on any atom is 0.255 e. The Morgan fingerprint density at radius 2 is 1.76 bits per heavy atom. The molecular formula is C32H35NO9. The number of carbonyl (C=O) groups excluding carboxylic acids is 3. The van der Waals surface area contributed by atoms with Gasteiger partial charge in [-0.1, -0.05) is 25.5 Å². The number of ketones is 2. The number of hydrogen-bond acceptors (Lipinski definition) is 9. The van der Waals surface area contributed by atoms with Crippen LogP contribution >= 0.6 is 0 Å². The number of primary amides is 1. The Morgan fingerprint density at radius 3 is 2.33 bits per heavy atom. The molecule has 0 aliphatic heterocycles. The number of aromatic hydroxyl groups is 1. The van der Waals surface area contributed by atoms with Crippen molar-refractivity contribution < 1.29 is 43.9 Å². The lowest BCUT2D eigenvalue weighted by atomic mass is 9.54. The van der Waals surface area contributed by atoms with Crippen LogP contribution in [0.1, 0.15) is 73.2 Å². The largest absolute Gasteiger partial charge is 0.511 e. The highest BCUT2D eigenvalue weighted by Crippen LogP contribution is 2.66. The Balaban J connectivity index is 1.79. The summed E-state index contributed by atoms with van der Waals surface area (Å²) in [5, 5.41) is 35.0. The molecule has 0 radical (unpaired) electrons. The monoisotopic (exact) mass is 577 g/mol. The number of ether oxygens (including phenoxy) is 3.